The molecule has 2 amide bonds. The van der Waals surface area contributed by atoms with Gasteiger partial charge in [0, 0.05) is 23.8 Å². The van der Waals surface area contributed by atoms with Gasteiger partial charge in [0.25, 0.3) is 11.1 Å². The van der Waals surface area contributed by atoms with Crippen molar-refractivity contribution in [2.75, 3.05) is 0 Å². The van der Waals surface area contributed by atoms with Crippen LogP contribution in [0.2, 0.25) is 0 Å². The van der Waals surface area contributed by atoms with Gasteiger partial charge in [-0.05, 0) is 43.3 Å². The predicted molar refractivity (Wildman–Crippen MR) is 79.9 cm³/mol. The fourth-order valence-corrected chi connectivity index (χ4v) is 2.93. The average molecular weight is 300 g/mol. The van der Waals surface area contributed by atoms with E-state index in [4.69, 9.17) is 0 Å². The predicted octanol–water partition coefficient (Wildman–Crippen LogP) is 2.21. The van der Waals surface area contributed by atoms with Crippen LogP contribution >= 0.6 is 11.8 Å². The second kappa shape index (κ2) is 5.17. The quantitative estimate of drug-likeness (QED) is 0.860. The fourth-order valence-electron chi connectivity index (χ4n) is 2.26. The summed E-state index contributed by atoms with van der Waals surface area (Å²) < 4.78 is 1.96. The standard InChI is InChI=1S/C14H12N4O2S/c1-8-5-10(6-11-13(19)17-14(20)21-11)9(2)18(8)12-7-15-3-4-16-12/h3-7H,1-2H3,(H,17,19,20). The van der Waals surface area contributed by atoms with Crippen molar-refractivity contribution in [2.45, 2.75) is 13.8 Å². The molecule has 1 aliphatic heterocycles. The van der Waals surface area contributed by atoms with E-state index in [1.807, 2.05) is 24.5 Å². The molecule has 7 heteroatoms. The van der Waals surface area contributed by atoms with E-state index in [0.717, 1.165) is 34.5 Å². The Balaban J connectivity index is 2.05. The number of imide groups is 1. The van der Waals surface area contributed by atoms with Gasteiger partial charge in [-0.2, -0.15) is 0 Å². The van der Waals surface area contributed by atoms with Crippen molar-refractivity contribution in [3.8, 4) is 5.82 Å². The lowest BCUT2D eigenvalue weighted by molar-refractivity contribution is -0.115. The van der Waals surface area contributed by atoms with Crippen LogP contribution in [0.1, 0.15) is 17.0 Å². The third-order valence-corrected chi connectivity index (χ3v) is 3.99. The molecule has 0 spiro atoms. The van der Waals surface area contributed by atoms with E-state index in [1.165, 1.54) is 0 Å². The first kappa shape index (κ1) is 13.6. The molecule has 1 aliphatic rings. The van der Waals surface area contributed by atoms with Crippen molar-refractivity contribution >= 4 is 29.0 Å². The molecule has 0 saturated carbocycles. The molecule has 106 valence electrons. The Bertz CT molecular complexity index is 765. The SMILES string of the molecule is Cc1cc(C=C2SC(=O)NC2=O)c(C)n1-c1cnccn1. The van der Waals surface area contributed by atoms with Crippen LogP contribution in [0, 0.1) is 13.8 Å². The molecule has 3 rings (SSSR count). The first-order valence-corrected chi connectivity index (χ1v) is 7.08. The van der Waals surface area contributed by atoms with Gasteiger partial charge in [0.1, 0.15) is 0 Å². The smallest absolute Gasteiger partial charge is 0.290 e. The number of nitrogens with one attached hydrogen (secondary N) is 1. The van der Waals surface area contributed by atoms with Gasteiger partial charge in [0.05, 0.1) is 11.1 Å². The molecule has 1 N–H and O–H groups in total. The highest BCUT2D eigenvalue weighted by atomic mass is 32.2. The maximum absolute atomic E-state index is 11.6. The van der Waals surface area contributed by atoms with Crippen LogP contribution in [0.25, 0.3) is 11.9 Å². The highest BCUT2D eigenvalue weighted by Crippen LogP contribution is 2.28. The van der Waals surface area contributed by atoms with E-state index in [9.17, 15) is 9.59 Å². The summed E-state index contributed by atoms with van der Waals surface area (Å²) in [5.41, 5.74) is 2.80. The lowest BCUT2D eigenvalue weighted by atomic mass is 10.2. The monoisotopic (exact) mass is 300 g/mol. The van der Waals surface area contributed by atoms with Crippen LogP contribution in [0.15, 0.2) is 29.6 Å². The van der Waals surface area contributed by atoms with Crippen LogP contribution < -0.4 is 5.32 Å². The van der Waals surface area contributed by atoms with Crippen molar-refractivity contribution in [3.05, 3.63) is 46.5 Å². The number of hydrogen-bond donors (Lipinski definition) is 1. The number of carbonyl (C=O) groups excluding carboxylic acids is 2. The van der Waals surface area contributed by atoms with E-state index < -0.39 is 0 Å². The Hall–Kier alpha value is -2.41. The first-order valence-electron chi connectivity index (χ1n) is 6.26. The number of carbonyl (C=O) groups is 2. The molecule has 0 aliphatic carbocycles. The lowest BCUT2D eigenvalue weighted by Gasteiger charge is -2.07. The van der Waals surface area contributed by atoms with Crippen LogP contribution in [-0.4, -0.2) is 25.7 Å². The summed E-state index contributed by atoms with van der Waals surface area (Å²) in [5.74, 6) is 0.367. The van der Waals surface area contributed by atoms with Crippen LogP contribution in [0.4, 0.5) is 4.79 Å². The fraction of sp³-hybridized carbons (Fsp3) is 0.143. The van der Waals surface area contributed by atoms with Crippen molar-refractivity contribution in [3.63, 3.8) is 0 Å². The molecular weight excluding hydrogens is 288 g/mol. The molecular formula is C14H12N4O2S. The van der Waals surface area contributed by atoms with Crippen LogP contribution in [-0.2, 0) is 4.79 Å². The molecule has 0 atom stereocenters. The third kappa shape index (κ3) is 2.47. The largest absolute Gasteiger partial charge is 0.301 e. The average Bonchev–Trinajstić information content (AvgIpc) is 2.91. The number of nitrogens with zero attached hydrogens (tertiary/aromatic N) is 3. The Kier molecular flexibility index (Phi) is 3.34. The molecule has 2 aromatic rings. The third-order valence-electron chi connectivity index (χ3n) is 3.18. The summed E-state index contributed by atoms with van der Waals surface area (Å²) in [7, 11) is 0. The number of aryl methyl sites for hydroxylation is 1. The Labute approximate surface area is 125 Å². The topological polar surface area (TPSA) is 76.9 Å². The molecule has 1 saturated heterocycles. The zero-order valence-corrected chi connectivity index (χ0v) is 12.3. The van der Waals surface area contributed by atoms with E-state index in [1.54, 1.807) is 24.7 Å². The summed E-state index contributed by atoms with van der Waals surface area (Å²) in [5, 5.41) is 1.91. The maximum Gasteiger partial charge on any atom is 0.290 e. The van der Waals surface area contributed by atoms with Gasteiger partial charge in [-0.25, -0.2) is 4.98 Å². The summed E-state index contributed by atoms with van der Waals surface area (Å²) >= 11 is 0.912. The normalized spacial score (nSPS) is 16.6. The molecule has 0 bridgehead atoms. The van der Waals surface area contributed by atoms with Crippen molar-refractivity contribution in [2.24, 2.45) is 0 Å². The summed E-state index contributed by atoms with van der Waals surface area (Å²) in [4.78, 5) is 31.6. The van der Waals surface area contributed by atoms with Crippen molar-refractivity contribution < 1.29 is 9.59 Å². The molecule has 3 heterocycles. The first-order chi connectivity index (χ1) is 10.1. The van der Waals surface area contributed by atoms with E-state index >= 15 is 0 Å². The Morgan fingerprint density at radius 2 is 2.10 bits per heavy atom. The molecule has 0 radical (unpaired) electrons. The minimum Gasteiger partial charge on any atom is -0.301 e. The van der Waals surface area contributed by atoms with Crippen molar-refractivity contribution in [1.82, 2.24) is 19.9 Å². The summed E-state index contributed by atoms with van der Waals surface area (Å²) in [6, 6.07) is 1.95. The lowest BCUT2D eigenvalue weighted by Crippen LogP contribution is -2.17. The van der Waals surface area contributed by atoms with E-state index in [0.29, 0.717) is 4.91 Å². The number of amides is 2. The highest BCUT2D eigenvalue weighted by molar-refractivity contribution is 8.18. The molecule has 2 aromatic heterocycles. The highest BCUT2D eigenvalue weighted by Gasteiger charge is 2.25. The van der Waals surface area contributed by atoms with Gasteiger partial charge in [0.15, 0.2) is 5.82 Å². The van der Waals surface area contributed by atoms with Gasteiger partial charge >= 0.3 is 0 Å². The Morgan fingerprint density at radius 1 is 1.29 bits per heavy atom. The number of rotatable bonds is 2. The zero-order chi connectivity index (χ0) is 15.0. The van der Waals surface area contributed by atoms with E-state index in [2.05, 4.69) is 15.3 Å². The van der Waals surface area contributed by atoms with Gasteiger partial charge in [0.2, 0.25) is 0 Å². The van der Waals surface area contributed by atoms with Gasteiger partial charge in [-0.1, -0.05) is 0 Å². The minimum atomic E-state index is -0.352. The second-order valence-corrected chi connectivity index (χ2v) is 5.59. The van der Waals surface area contributed by atoms with Gasteiger partial charge < -0.3 is 4.57 Å². The molecule has 0 aromatic carbocycles. The van der Waals surface area contributed by atoms with Gasteiger partial charge in [-0.3, -0.25) is 19.9 Å². The van der Waals surface area contributed by atoms with Crippen molar-refractivity contribution in [1.29, 1.82) is 0 Å². The van der Waals surface area contributed by atoms with Crippen LogP contribution in [0.3, 0.4) is 0 Å². The summed E-state index contributed by atoms with van der Waals surface area (Å²) in [6.07, 6.45) is 6.65. The minimum absolute atomic E-state index is 0.339. The summed E-state index contributed by atoms with van der Waals surface area (Å²) in [6.45, 7) is 3.89. The zero-order valence-electron chi connectivity index (χ0n) is 11.5. The molecule has 6 nitrogen and oxygen atoms in total. The second-order valence-electron chi connectivity index (χ2n) is 4.58. The Morgan fingerprint density at radius 3 is 2.71 bits per heavy atom. The maximum atomic E-state index is 11.6. The van der Waals surface area contributed by atoms with Gasteiger partial charge in [-0.15, -0.1) is 0 Å². The van der Waals surface area contributed by atoms with Crippen LogP contribution in [0.5, 0.6) is 0 Å². The number of thioether (sulfide) groups is 1. The molecule has 21 heavy (non-hydrogen) atoms. The molecule has 0 unspecified atom stereocenters. The molecule has 1 fully saturated rings. The number of hydrogen-bond acceptors (Lipinski definition) is 5. The van der Waals surface area contributed by atoms with E-state index in [-0.39, 0.29) is 11.1 Å². The number of aromatic nitrogens is 3.